The third kappa shape index (κ3) is 6.06. The number of nitrogens with one attached hydrogen (secondary N) is 2. The van der Waals surface area contributed by atoms with Crippen molar-refractivity contribution in [3.8, 4) is 0 Å². The molecule has 130 valence electrons. The minimum atomic E-state index is -3.95. The van der Waals surface area contributed by atoms with Crippen LogP contribution in [-0.4, -0.2) is 33.5 Å². The Kier molecular flexibility index (Phi) is 7.40. The van der Waals surface area contributed by atoms with E-state index in [4.69, 9.17) is 5.73 Å². The minimum Gasteiger partial charge on any atom is -0.354 e. The first-order valence-electron chi connectivity index (χ1n) is 7.16. The normalized spacial score (nSPS) is 15.6. The zero-order valence-electron chi connectivity index (χ0n) is 12.5. The van der Waals surface area contributed by atoms with Gasteiger partial charge < -0.3 is 11.1 Å². The van der Waals surface area contributed by atoms with Crippen LogP contribution in [0.1, 0.15) is 19.3 Å². The molecule has 0 aromatic heterocycles. The van der Waals surface area contributed by atoms with Gasteiger partial charge in [0, 0.05) is 25.6 Å². The van der Waals surface area contributed by atoms with E-state index in [0.29, 0.717) is 12.5 Å². The summed E-state index contributed by atoms with van der Waals surface area (Å²) in [6.45, 7) is 0.296. The van der Waals surface area contributed by atoms with Gasteiger partial charge in [-0.15, -0.1) is 12.4 Å². The Bertz CT molecular complexity index is 638. The van der Waals surface area contributed by atoms with Gasteiger partial charge in [-0.3, -0.25) is 4.79 Å². The third-order valence-corrected chi connectivity index (χ3v) is 5.03. The van der Waals surface area contributed by atoms with Crippen LogP contribution >= 0.6 is 12.4 Å². The van der Waals surface area contributed by atoms with Crippen molar-refractivity contribution in [2.75, 3.05) is 13.1 Å². The maximum Gasteiger partial charge on any atom is 0.243 e. The van der Waals surface area contributed by atoms with E-state index in [-0.39, 0.29) is 37.3 Å². The quantitative estimate of drug-likeness (QED) is 0.633. The Morgan fingerprint density at radius 1 is 1.35 bits per heavy atom. The number of amides is 1. The van der Waals surface area contributed by atoms with Gasteiger partial charge in [0.1, 0.15) is 10.7 Å². The van der Waals surface area contributed by atoms with E-state index in [1.54, 1.807) is 0 Å². The molecule has 4 N–H and O–H groups in total. The van der Waals surface area contributed by atoms with E-state index in [1.807, 2.05) is 0 Å². The molecule has 1 amide bonds. The molecule has 1 atom stereocenters. The number of hydrogen-bond donors (Lipinski definition) is 3. The molecule has 1 aliphatic carbocycles. The molecule has 2 rings (SSSR count). The number of nitrogens with two attached hydrogens (primary N) is 1. The summed E-state index contributed by atoms with van der Waals surface area (Å²) in [4.78, 5) is 11.2. The highest BCUT2D eigenvalue weighted by Crippen LogP contribution is 2.31. The molecule has 0 radical (unpaired) electrons. The van der Waals surface area contributed by atoms with Gasteiger partial charge in [0.05, 0.1) is 0 Å². The minimum absolute atomic E-state index is 0. The van der Waals surface area contributed by atoms with Gasteiger partial charge in [-0.1, -0.05) is 12.1 Å². The number of benzene rings is 1. The van der Waals surface area contributed by atoms with Crippen molar-refractivity contribution < 1.29 is 17.6 Å². The lowest BCUT2D eigenvalue weighted by Crippen LogP contribution is -2.39. The zero-order chi connectivity index (χ0) is 16.2. The molecule has 0 aliphatic heterocycles. The van der Waals surface area contributed by atoms with Gasteiger partial charge in [-0.05, 0) is 30.9 Å². The molecule has 1 aromatic rings. The molecule has 23 heavy (non-hydrogen) atoms. The lowest BCUT2D eigenvalue weighted by molar-refractivity contribution is -0.121. The first kappa shape index (κ1) is 19.8. The largest absolute Gasteiger partial charge is 0.354 e. The summed E-state index contributed by atoms with van der Waals surface area (Å²) >= 11 is 0. The second kappa shape index (κ2) is 8.58. The molecule has 0 bridgehead atoms. The van der Waals surface area contributed by atoms with Crippen molar-refractivity contribution in [3.05, 3.63) is 30.1 Å². The molecule has 1 saturated carbocycles. The lowest BCUT2D eigenvalue weighted by Gasteiger charge is -2.12. The van der Waals surface area contributed by atoms with Crippen molar-refractivity contribution in [2.24, 2.45) is 11.7 Å². The number of halogens is 2. The standard InChI is InChI=1S/C14H20FN3O3S.ClH/c15-11-3-1-2-4-13(11)22(20,21)18-8-7-14(19)17-9-12(16)10-5-6-10;/h1-4,10,12,18H,5-9,16H2,(H,17,19);1H. The van der Waals surface area contributed by atoms with Crippen LogP contribution in [0, 0.1) is 11.7 Å². The molecule has 1 aromatic carbocycles. The Morgan fingerprint density at radius 2 is 2.00 bits per heavy atom. The molecule has 1 aliphatic rings. The number of carbonyl (C=O) groups excluding carboxylic acids is 1. The van der Waals surface area contributed by atoms with Crippen LogP contribution in [0.25, 0.3) is 0 Å². The van der Waals surface area contributed by atoms with E-state index < -0.39 is 20.7 Å². The van der Waals surface area contributed by atoms with Crippen molar-refractivity contribution >= 4 is 28.3 Å². The van der Waals surface area contributed by atoms with Crippen molar-refractivity contribution in [3.63, 3.8) is 0 Å². The topological polar surface area (TPSA) is 101 Å². The summed E-state index contributed by atoms with van der Waals surface area (Å²) in [5.41, 5.74) is 5.85. The number of hydrogen-bond acceptors (Lipinski definition) is 4. The SMILES string of the molecule is Cl.NC(CNC(=O)CCNS(=O)(=O)c1ccccc1F)C1CC1. The van der Waals surface area contributed by atoms with Crippen molar-refractivity contribution in [1.29, 1.82) is 0 Å². The highest BCUT2D eigenvalue weighted by molar-refractivity contribution is 7.89. The Morgan fingerprint density at radius 3 is 2.61 bits per heavy atom. The van der Waals surface area contributed by atoms with Crippen molar-refractivity contribution in [1.82, 2.24) is 10.0 Å². The van der Waals surface area contributed by atoms with Crippen LogP contribution in [-0.2, 0) is 14.8 Å². The molecule has 6 nitrogen and oxygen atoms in total. The first-order valence-corrected chi connectivity index (χ1v) is 8.65. The second-order valence-corrected chi connectivity index (χ2v) is 7.12. The van der Waals surface area contributed by atoms with Gasteiger partial charge in [0.15, 0.2) is 0 Å². The monoisotopic (exact) mass is 365 g/mol. The number of sulfonamides is 1. The lowest BCUT2D eigenvalue weighted by atomic mass is 10.2. The summed E-state index contributed by atoms with van der Waals surface area (Å²) in [5.74, 6) is -0.623. The van der Waals surface area contributed by atoms with Gasteiger partial charge >= 0.3 is 0 Å². The fourth-order valence-electron chi connectivity index (χ4n) is 2.05. The van der Waals surface area contributed by atoms with Gasteiger partial charge in [0.25, 0.3) is 0 Å². The van der Waals surface area contributed by atoms with Crippen LogP contribution < -0.4 is 15.8 Å². The zero-order valence-corrected chi connectivity index (χ0v) is 14.1. The van der Waals surface area contributed by atoms with Crippen LogP contribution in [0.3, 0.4) is 0 Å². The van der Waals surface area contributed by atoms with Crippen molar-refractivity contribution in [2.45, 2.75) is 30.2 Å². The molecule has 0 heterocycles. The Hall–Kier alpha value is -1.22. The number of carbonyl (C=O) groups is 1. The Balaban J connectivity index is 0.00000264. The molecular weight excluding hydrogens is 345 g/mol. The van der Waals surface area contributed by atoms with Gasteiger partial charge in [-0.25, -0.2) is 17.5 Å². The maximum absolute atomic E-state index is 13.4. The molecule has 1 unspecified atom stereocenters. The fourth-order valence-corrected chi connectivity index (χ4v) is 3.16. The highest BCUT2D eigenvalue weighted by Gasteiger charge is 2.28. The van der Waals surface area contributed by atoms with E-state index in [1.165, 1.54) is 18.2 Å². The van der Waals surface area contributed by atoms with Crippen LogP contribution in [0.4, 0.5) is 4.39 Å². The first-order chi connectivity index (χ1) is 10.4. The molecular formula is C14H21ClFN3O3S. The predicted octanol–water partition coefficient (Wildman–Crippen LogP) is 0.769. The molecule has 1 fully saturated rings. The smallest absolute Gasteiger partial charge is 0.243 e. The average molecular weight is 366 g/mol. The summed E-state index contributed by atoms with van der Waals surface area (Å²) in [6.07, 6.45) is 2.17. The predicted molar refractivity (Wildman–Crippen MR) is 87.2 cm³/mol. The average Bonchev–Trinajstić information content (AvgIpc) is 3.29. The van der Waals surface area contributed by atoms with E-state index in [2.05, 4.69) is 10.0 Å². The van der Waals surface area contributed by atoms with Crippen LogP contribution in [0.15, 0.2) is 29.2 Å². The van der Waals surface area contributed by atoms with Crippen LogP contribution in [0.5, 0.6) is 0 Å². The molecule has 0 saturated heterocycles. The second-order valence-electron chi connectivity index (χ2n) is 5.38. The van der Waals surface area contributed by atoms with E-state index >= 15 is 0 Å². The summed E-state index contributed by atoms with van der Waals surface area (Å²) in [7, 11) is -3.95. The number of rotatable bonds is 8. The summed E-state index contributed by atoms with van der Waals surface area (Å²) in [6, 6.07) is 5.04. The fraction of sp³-hybridized carbons (Fsp3) is 0.500. The molecule has 9 heteroatoms. The third-order valence-electron chi connectivity index (χ3n) is 3.53. The Labute approximate surface area is 141 Å². The van der Waals surface area contributed by atoms with E-state index in [0.717, 1.165) is 18.9 Å². The summed E-state index contributed by atoms with van der Waals surface area (Å²) in [5, 5.41) is 2.67. The van der Waals surface area contributed by atoms with E-state index in [9.17, 15) is 17.6 Å². The van der Waals surface area contributed by atoms with Gasteiger partial charge in [-0.2, -0.15) is 0 Å². The summed E-state index contributed by atoms with van der Waals surface area (Å²) < 4.78 is 39.5. The maximum atomic E-state index is 13.4. The highest BCUT2D eigenvalue weighted by atomic mass is 35.5. The molecule has 0 spiro atoms. The van der Waals surface area contributed by atoms with Crippen LogP contribution in [0.2, 0.25) is 0 Å². The van der Waals surface area contributed by atoms with Gasteiger partial charge in [0.2, 0.25) is 15.9 Å².